The van der Waals surface area contributed by atoms with Crippen LogP contribution in [0.25, 0.3) is 0 Å². The number of ether oxygens (including phenoxy) is 4. The molecule has 0 amide bonds. The Morgan fingerprint density at radius 2 is 1.58 bits per heavy atom. The van der Waals surface area contributed by atoms with Gasteiger partial charge in [-0.1, -0.05) is 13.8 Å². The van der Waals surface area contributed by atoms with Crippen molar-refractivity contribution in [2.45, 2.75) is 13.8 Å². The van der Waals surface area contributed by atoms with Crippen molar-refractivity contribution in [1.82, 2.24) is 0 Å². The van der Waals surface area contributed by atoms with Crippen LogP contribution in [0.2, 0.25) is 0 Å². The van der Waals surface area contributed by atoms with E-state index in [0.717, 1.165) is 0 Å². The summed E-state index contributed by atoms with van der Waals surface area (Å²) in [5, 5.41) is 0. The highest BCUT2D eigenvalue weighted by molar-refractivity contribution is 5.81. The summed E-state index contributed by atoms with van der Waals surface area (Å²) in [6.45, 7) is 3.69. The maximum atomic E-state index is 11.5. The molecule has 19 heavy (non-hydrogen) atoms. The van der Waals surface area contributed by atoms with E-state index in [0.29, 0.717) is 23.0 Å². The van der Waals surface area contributed by atoms with Crippen LogP contribution in [0, 0.1) is 5.92 Å². The molecule has 0 atom stereocenters. The molecule has 5 heteroatoms. The van der Waals surface area contributed by atoms with Gasteiger partial charge in [0.05, 0.1) is 21.3 Å². The molecule has 0 spiro atoms. The summed E-state index contributed by atoms with van der Waals surface area (Å²) in [7, 11) is 4.59. The predicted octanol–water partition coefficient (Wildman–Crippen LogP) is 2.32. The smallest absolute Gasteiger partial charge is 0.203 e. The molecule has 1 aromatic rings. The first-order chi connectivity index (χ1) is 9.03. The molecule has 0 heterocycles. The molecule has 5 nitrogen and oxygen atoms in total. The first-order valence-electron chi connectivity index (χ1n) is 5.99. The molecular weight excluding hydrogens is 248 g/mol. The van der Waals surface area contributed by atoms with E-state index in [1.807, 2.05) is 13.8 Å². The monoisotopic (exact) mass is 268 g/mol. The van der Waals surface area contributed by atoms with Crippen molar-refractivity contribution in [3.05, 3.63) is 12.1 Å². The Labute approximate surface area is 113 Å². The van der Waals surface area contributed by atoms with E-state index in [-0.39, 0.29) is 18.3 Å². The average Bonchev–Trinajstić information content (AvgIpc) is 2.42. The standard InChI is InChI=1S/C14H20O5/c1-9(2)11(15)8-19-10-6-12(16-3)14(18-5)13(7-10)17-4/h6-7,9H,8H2,1-5H3. The van der Waals surface area contributed by atoms with Gasteiger partial charge in [0, 0.05) is 18.1 Å². The molecule has 0 radical (unpaired) electrons. The average molecular weight is 268 g/mol. The topological polar surface area (TPSA) is 54.0 Å². The lowest BCUT2D eigenvalue weighted by atomic mass is 10.1. The van der Waals surface area contributed by atoms with E-state index < -0.39 is 0 Å². The van der Waals surface area contributed by atoms with E-state index in [9.17, 15) is 4.79 Å². The number of hydrogen-bond donors (Lipinski definition) is 0. The lowest BCUT2D eigenvalue weighted by Gasteiger charge is -2.14. The van der Waals surface area contributed by atoms with E-state index >= 15 is 0 Å². The molecule has 0 aromatic heterocycles. The van der Waals surface area contributed by atoms with Gasteiger partial charge in [-0.05, 0) is 0 Å². The maximum absolute atomic E-state index is 11.5. The Balaban J connectivity index is 2.93. The van der Waals surface area contributed by atoms with Gasteiger partial charge in [0.25, 0.3) is 0 Å². The highest BCUT2D eigenvalue weighted by atomic mass is 16.5. The largest absolute Gasteiger partial charge is 0.493 e. The number of hydrogen-bond acceptors (Lipinski definition) is 5. The van der Waals surface area contributed by atoms with E-state index in [1.54, 1.807) is 12.1 Å². The third-order valence-electron chi connectivity index (χ3n) is 2.66. The first kappa shape index (κ1) is 15.1. The predicted molar refractivity (Wildman–Crippen MR) is 71.4 cm³/mol. The van der Waals surface area contributed by atoms with Crippen molar-refractivity contribution >= 4 is 5.78 Å². The van der Waals surface area contributed by atoms with Crippen molar-refractivity contribution in [3.8, 4) is 23.0 Å². The Morgan fingerprint density at radius 1 is 1.05 bits per heavy atom. The number of benzene rings is 1. The Bertz CT molecular complexity index is 414. The van der Waals surface area contributed by atoms with Crippen molar-refractivity contribution in [1.29, 1.82) is 0 Å². The highest BCUT2D eigenvalue weighted by Gasteiger charge is 2.15. The minimum Gasteiger partial charge on any atom is -0.493 e. The van der Waals surface area contributed by atoms with Crippen LogP contribution in [0.1, 0.15) is 13.8 Å². The molecule has 0 unspecified atom stereocenters. The van der Waals surface area contributed by atoms with Crippen LogP contribution in [0.3, 0.4) is 0 Å². The van der Waals surface area contributed by atoms with Gasteiger partial charge in [-0.2, -0.15) is 0 Å². The van der Waals surface area contributed by atoms with Gasteiger partial charge in [0.15, 0.2) is 17.3 Å². The number of carbonyl (C=O) groups excluding carboxylic acids is 1. The Morgan fingerprint density at radius 3 is 1.95 bits per heavy atom. The maximum Gasteiger partial charge on any atom is 0.203 e. The fourth-order valence-electron chi connectivity index (χ4n) is 1.46. The van der Waals surface area contributed by atoms with Crippen LogP contribution in [0.4, 0.5) is 0 Å². The fraction of sp³-hybridized carbons (Fsp3) is 0.500. The Hall–Kier alpha value is -1.91. The van der Waals surface area contributed by atoms with Crippen molar-refractivity contribution in [2.24, 2.45) is 5.92 Å². The molecule has 0 aliphatic rings. The van der Waals surface area contributed by atoms with Gasteiger partial charge in [-0.25, -0.2) is 0 Å². The van der Waals surface area contributed by atoms with Crippen LogP contribution in [-0.2, 0) is 4.79 Å². The van der Waals surface area contributed by atoms with Crippen molar-refractivity contribution < 1.29 is 23.7 Å². The second kappa shape index (κ2) is 6.87. The molecule has 1 rings (SSSR count). The second-order valence-corrected chi connectivity index (χ2v) is 4.27. The third-order valence-corrected chi connectivity index (χ3v) is 2.66. The van der Waals surface area contributed by atoms with Crippen LogP contribution < -0.4 is 18.9 Å². The molecule has 0 fully saturated rings. The van der Waals surface area contributed by atoms with Crippen LogP contribution >= 0.6 is 0 Å². The molecule has 106 valence electrons. The summed E-state index contributed by atoms with van der Waals surface area (Å²) in [6, 6.07) is 3.32. The molecule has 0 N–H and O–H groups in total. The molecule has 0 aliphatic heterocycles. The summed E-state index contributed by atoms with van der Waals surface area (Å²) in [6.07, 6.45) is 0. The number of Topliss-reactive ketones (excluding diaryl/α,β-unsaturated/α-hetero) is 1. The van der Waals surface area contributed by atoms with Gasteiger partial charge < -0.3 is 18.9 Å². The summed E-state index contributed by atoms with van der Waals surface area (Å²) in [5.41, 5.74) is 0. The third kappa shape index (κ3) is 3.77. The van der Waals surface area contributed by atoms with Gasteiger partial charge in [-0.15, -0.1) is 0 Å². The number of ketones is 1. The molecule has 0 bridgehead atoms. The summed E-state index contributed by atoms with van der Waals surface area (Å²) < 4.78 is 21.1. The summed E-state index contributed by atoms with van der Waals surface area (Å²) in [5.74, 6) is 1.97. The number of rotatable bonds is 7. The van der Waals surface area contributed by atoms with Crippen LogP contribution in [-0.4, -0.2) is 33.7 Å². The summed E-state index contributed by atoms with van der Waals surface area (Å²) >= 11 is 0. The first-order valence-corrected chi connectivity index (χ1v) is 5.99. The van der Waals surface area contributed by atoms with Gasteiger partial charge in [-0.3, -0.25) is 4.79 Å². The quantitative estimate of drug-likeness (QED) is 0.759. The summed E-state index contributed by atoms with van der Waals surface area (Å²) in [4.78, 5) is 11.5. The van der Waals surface area contributed by atoms with Crippen molar-refractivity contribution in [3.63, 3.8) is 0 Å². The molecule has 0 saturated carbocycles. The normalized spacial score (nSPS) is 10.2. The van der Waals surface area contributed by atoms with E-state index in [2.05, 4.69) is 0 Å². The molecule has 0 saturated heterocycles. The second-order valence-electron chi connectivity index (χ2n) is 4.27. The Kier molecular flexibility index (Phi) is 5.48. The van der Waals surface area contributed by atoms with Gasteiger partial charge in [0.2, 0.25) is 5.75 Å². The molecule has 0 aliphatic carbocycles. The molecule has 1 aromatic carbocycles. The van der Waals surface area contributed by atoms with Gasteiger partial charge >= 0.3 is 0 Å². The SMILES string of the molecule is COc1cc(OCC(=O)C(C)C)cc(OC)c1OC. The highest BCUT2D eigenvalue weighted by Crippen LogP contribution is 2.40. The zero-order valence-corrected chi connectivity index (χ0v) is 12.0. The van der Waals surface area contributed by atoms with Crippen molar-refractivity contribution in [2.75, 3.05) is 27.9 Å². The fourth-order valence-corrected chi connectivity index (χ4v) is 1.46. The zero-order valence-electron chi connectivity index (χ0n) is 12.0. The molecular formula is C14H20O5. The zero-order chi connectivity index (χ0) is 14.4. The van der Waals surface area contributed by atoms with E-state index in [4.69, 9.17) is 18.9 Å². The van der Waals surface area contributed by atoms with Crippen LogP contribution in [0.5, 0.6) is 23.0 Å². The lowest BCUT2D eigenvalue weighted by molar-refractivity contribution is -0.123. The number of methoxy groups -OCH3 is 3. The van der Waals surface area contributed by atoms with Gasteiger partial charge in [0.1, 0.15) is 12.4 Å². The van der Waals surface area contributed by atoms with E-state index in [1.165, 1.54) is 21.3 Å². The number of carbonyl (C=O) groups is 1. The minimum absolute atomic E-state index is 0.0241. The minimum atomic E-state index is -0.0537. The lowest BCUT2D eigenvalue weighted by Crippen LogP contribution is -2.16. The van der Waals surface area contributed by atoms with Crippen LogP contribution in [0.15, 0.2) is 12.1 Å².